The van der Waals surface area contributed by atoms with Crippen molar-refractivity contribution in [1.82, 2.24) is 9.55 Å². The first-order valence-electron chi connectivity index (χ1n) is 11.3. The summed E-state index contributed by atoms with van der Waals surface area (Å²) < 4.78 is 1.79. The molecular weight excluding hydrogens is 418 g/mol. The minimum absolute atomic E-state index is 0.0503. The fourth-order valence-corrected chi connectivity index (χ4v) is 6.13. The van der Waals surface area contributed by atoms with Gasteiger partial charge in [0, 0.05) is 17.5 Å². The molecule has 2 aliphatic rings. The maximum Gasteiger partial charge on any atom is 0.258 e. The minimum atomic E-state index is -0.413. The van der Waals surface area contributed by atoms with Crippen LogP contribution in [0.1, 0.15) is 42.4 Å². The van der Waals surface area contributed by atoms with Gasteiger partial charge in [-0.15, -0.1) is 0 Å². The van der Waals surface area contributed by atoms with Gasteiger partial charge in [0.25, 0.3) is 5.56 Å². The Hall–Kier alpha value is -2.86. The van der Waals surface area contributed by atoms with Crippen molar-refractivity contribution < 1.29 is 4.79 Å². The molecule has 1 spiro atoms. The number of nitrogens with zero attached hydrogens (tertiary/aromatic N) is 2. The Balaban J connectivity index is 1.66. The zero-order chi connectivity index (χ0) is 22.1. The molecule has 0 aliphatic heterocycles. The molecule has 2 aliphatic carbocycles. The molecule has 6 heteroatoms. The predicted molar refractivity (Wildman–Crippen MR) is 128 cm³/mol. The van der Waals surface area contributed by atoms with Crippen molar-refractivity contribution in [2.75, 3.05) is 5.75 Å². The molecule has 1 fully saturated rings. The highest BCUT2D eigenvalue weighted by atomic mass is 32.2. The van der Waals surface area contributed by atoms with Crippen LogP contribution < -0.4 is 11.3 Å². The molecule has 164 valence electrons. The van der Waals surface area contributed by atoms with Crippen LogP contribution >= 0.6 is 11.8 Å². The lowest BCUT2D eigenvalue weighted by atomic mass is 9.68. The molecule has 1 saturated carbocycles. The molecule has 0 atom stereocenters. The van der Waals surface area contributed by atoms with E-state index in [4.69, 9.17) is 10.7 Å². The van der Waals surface area contributed by atoms with E-state index in [1.807, 2.05) is 24.3 Å². The number of primary amides is 1. The van der Waals surface area contributed by atoms with E-state index in [1.54, 1.807) is 4.57 Å². The van der Waals surface area contributed by atoms with Crippen molar-refractivity contribution in [3.63, 3.8) is 0 Å². The van der Waals surface area contributed by atoms with Gasteiger partial charge in [-0.2, -0.15) is 0 Å². The number of aryl methyl sites for hydroxylation is 1. The van der Waals surface area contributed by atoms with Gasteiger partial charge in [0.15, 0.2) is 5.16 Å². The van der Waals surface area contributed by atoms with Crippen molar-refractivity contribution in [3.8, 4) is 11.3 Å². The third kappa shape index (κ3) is 3.77. The number of fused-ring (bicyclic) bond motifs is 4. The minimum Gasteiger partial charge on any atom is -0.369 e. The summed E-state index contributed by atoms with van der Waals surface area (Å²) in [7, 11) is 0. The largest absolute Gasteiger partial charge is 0.369 e. The molecule has 2 aromatic carbocycles. The number of carbonyl (C=O) groups is 1. The van der Waals surface area contributed by atoms with E-state index in [0.717, 1.165) is 55.3 Å². The third-order valence-corrected chi connectivity index (χ3v) is 7.84. The van der Waals surface area contributed by atoms with Crippen molar-refractivity contribution in [2.24, 2.45) is 5.73 Å². The van der Waals surface area contributed by atoms with E-state index < -0.39 is 5.91 Å². The molecule has 32 heavy (non-hydrogen) atoms. The van der Waals surface area contributed by atoms with Gasteiger partial charge in [0.2, 0.25) is 5.91 Å². The molecule has 5 nitrogen and oxygen atoms in total. The fourth-order valence-electron chi connectivity index (χ4n) is 5.37. The van der Waals surface area contributed by atoms with E-state index in [0.29, 0.717) is 11.7 Å². The highest BCUT2D eigenvalue weighted by Gasteiger charge is 2.44. The first-order valence-corrected chi connectivity index (χ1v) is 12.2. The Kier molecular flexibility index (Phi) is 5.64. The number of nitrogens with two attached hydrogens (primary N) is 1. The number of thioether (sulfide) groups is 1. The van der Waals surface area contributed by atoms with Crippen molar-refractivity contribution in [3.05, 3.63) is 81.6 Å². The van der Waals surface area contributed by atoms with Crippen LogP contribution in [0.5, 0.6) is 0 Å². The van der Waals surface area contributed by atoms with Gasteiger partial charge in [0.05, 0.1) is 17.0 Å². The highest BCUT2D eigenvalue weighted by molar-refractivity contribution is 7.99. The van der Waals surface area contributed by atoms with Crippen molar-refractivity contribution in [1.29, 1.82) is 0 Å². The Morgan fingerprint density at radius 2 is 1.78 bits per heavy atom. The monoisotopic (exact) mass is 445 g/mol. The number of hydrogen-bond acceptors (Lipinski definition) is 4. The van der Waals surface area contributed by atoms with Crippen LogP contribution in [0.25, 0.3) is 11.3 Å². The zero-order valence-corrected chi connectivity index (χ0v) is 18.9. The number of benzene rings is 2. The van der Waals surface area contributed by atoms with Gasteiger partial charge < -0.3 is 5.73 Å². The quantitative estimate of drug-likeness (QED) is 0.458. The molecule has 0 saturated heterocycles. The van der Waals surface area contributed by atoms with Gasteiger partial charge in [-0.3, -0.25) is 14.2 Å². The Morgan fingerprint density at radius 3 is 2.53 bits per heavy atom. The number of rotatable bonds is 6. The topological polar surface area (TPSA) is 78.0 Å². The number of aromatic nitrogens is 2. The van der Waals surface area contributed by atoms with Gasteiger partial charge >= 0.3 is 0 Å². The summed E-state index contributed by atoms with van der Waals surface area (Å²) >= 11 is 1.26. The summed E-state index contributed by atoms with van der Waals surface area (Å²) in [5, 5.41) is 0.577. The van der Waals surface area contributed by atoms with Crippen molar-refractivity contribution >= 4 is 17.7 Å². The average molecular weight is 446 g/mol. The second-order valence-electron chi connectivity index (χ2n) is 8.89. The van der Waals surface area contributed by atoms with Crippen LogP contribution in [0, 0.1) is 0 Å². The summed E-state index contributed by atoms with van der Waals surface area (Å²) in [6, 6.07) is 18.5. The van der Waals surface area contributed by atoms with E-state index >= 15 is 0 Å². The van der Waals surface area contributed by atoms with Crippen molar-refractivity contribution in [2.45, 2.75) is 55.6 Å². The van der Waals surface area contributed by atoms with Crippen LogP contribution in [0.15, 0.2) is 64.5 Å². The Bertz CT molecular complexity index is 1210. The summed E-state index contributed by atoms with van der Waals surface area (Å²) in [6.07, 6.45) is 5.97. The second kappa shape index (κ2) is 8.58. The second-order valence-corrected chi connectivity index (χ2v) is 9.83. The zero-order valence-electron chi connectivity index (χ0n) is 18.0. The fraction of sp³-hybridized carbons (Fsp3) is 0.346. The van der Waals surface area contributed by atoms with Gasteiger partial charge in [-0.1, -0.05) is 79.2 Å². The molecule has 1 amide bonds. The van der Waals surface area contributed by atoms with Gasteiger partial charge in [-0.05, 0) is 36.8 Å². The van der Waals surface area contributed by atoms with Crippen LogP contribution in [-0.2, 0) is 29.6 Å². The average Bonchev–Trinajstić information content (AvgIpc) is 3.26. The molecule has 0 unspecified atom stereocenters. The summed E-state index contributed by atoms with van der Waals surface area (Å²) in [5.74, 6) is -0.312. The van der Waals surface area contributed by atoms with E-state index in [9.17, 15) is 9.59 Å². The molecule has 0 radical (unpaired) electrons. The first kappa shape index (κ1) is 21.0. The normalized spacial score (nSPS) is 16.0. The SMILES string of the molecule is NC(=O)CSc1nc2c(c(=O)n1CCc1ccccc1)C1(CCCC1)Cc1ccccc1-2. The van der Waals surface area contributed by atoms with Crippen LogP contribution in [0.4, 0.5) is 0 Å². The van der Waals surface area contributed by atoms with Crippen LogP contribution in [0.2, 0.25) is 0 Å². The summed E-state index contributed by atoms with van der Waals surface area (Å²) in [4.78, 5) is 30.6. The lowest BCUT2D eigenvalue weighted by Crippen LogP contribution is -2.40. The maximum atomic E-state index is 14.1. The maximum absolute atomic E-state index is 14.1. The first-order chi connectivity index (χ1) is 15.6. The number of hydrogen-bond donors (Lipinski definition) is 1. The highest BCUT2D eigenvalue weighted by Crippen LogP contribution is 2.49. The Morgan fingerprint density at radius 1 is 1.06 bits per heavy atom. The lowest BCUT2D eigenvalue weighted by Gasteiger charge is -2.36. The van der Waals surface area contributed by atoms with Gasteiger partial charge in [-0.25, -0.2) is 4.98 Å². The molecule has 3 aromatic rings. The standard InChI is InChI=1S/C26H27N3O2S/c27-21(30)17-32-25-28-23-20-11-5-4-10-19(20)16-26(13-6-7-14-26)22(23)24(31)29(25)15-12-18-8-2-1-3-9-18/h1-5,8-11H,6-7,12-17H2,(H2,27,30). The smallest absolute Gasteiger partial charge is 0.258 e. The molecule has 0 bridgehead atoms. The number of carbonyl (C=O) groups excluding carboxylic acids is 1. The van der Waals surface area contributed by atoms with Gasteiger partial charge in [0.1, 0.15) is 0 Å². The molecule has 2 N–H and O–H groups in total. The molecule has 1 aromatic heterocycles. The molecule has 1 heterocycles. The van der Waals surface area contributed by atoms with E-state index in [1.165, 1.54) is 22.9 Å². The van der Waals surface area contributed by atoms with Crippen LogP contribution in [-0.4, -0.2) is 21.2 Å². The molecular formula is C26H27N3O2S. The third-order valence-electron chi connectivity index (χ3n) is 6.84. The lowest BCUT2D eigenvalue weighted by molar-refractivity contribution is -0.115. The predicted octanol–water partition coefficient (Wildman–Crippen LogP) is 4.10. The van der Waals surface area contributed by atoms with E-state index in [-0.39, 0.29) is 16.7 Å². The number of amides is 1. The Labute approximate surface area is 192 Å². The molecule has 5 rings (SSSR count). The van der Waals surface area contributed by atoms with Crippen LogP contribution in [0.3, 0.4) is 0 Å². The summed E-state index contributed by atoms with van der Waals surface area (Å²) in [6.45, 7) is 0.530. The summed E-state index contributed by atoms with van der Waals surface area (Å²) in [5.41, 5.74) is 10.5. The van der Waals surface area contributed by atoms with E-state index in [2.05, 4.69) is 30.3 Å².